The van der Waals surface area contributed by atoms with Crippen molar-refractivity contribution in [3.63, 3.8) is 0 Å². The van der Waals surface area contributed by atoms with Gasteiger partial charge in [-0.15, -0.1) is 16.8 Å². The summed E-state index contributed by atoms with van der Waals surface area (Å²) in [6, 6.07) is 7.90. The highest BCUT2D eigenvalue weighted by atomic mass is 32.2. The van der Waals surface area contributed by atoms with Crippen LogP contribution in [0.25, 0.3) is 0 Å². The molecule has 1 unspecified atom stereocenters. The number of benzene rings is 1. The highest BCUT2D eigenvalue weighted by Crippen LogP contribution is 2.24. The zero-order valence-corrected chi connectivity index (χ0v) is 19.3. The molecule has 1 aliphatic rings. The molecule has 0 radical (unpaired) electrons. The minimum Gasteiger partial charge on any atom is -0.486 e. The highest BCUT2D eigenvalue weighted by Gasteiger charge is 2.20. The fraction of sp³-hybridized carbons (Fsp3) is 0.458. The Balaban J connectivity index is 1.55. The molecule has 166 valence electrons. The zero-order valence-electron chi connectivity index (χ0n) is 18.5. The van der Waals surface area contributed by atoms with E-state index in [1.165, 1.54) is 36.6 Å². The third kappa shape index (κ3) is 6.99. The van der Waals surface area contributed by atoms with Gasteiger partial charge in [0.1, 0.15) is 12.4 Å². The van der Waals surface area contributed by atoms with E-state index in [2.05, 4.69) is 28.2 Å². The van der Waals surface area contributed by atoms with Crippen LogP contribution in [-0.4, -0.2) is 32.5 Å². The largest absolute Gasteiger partial charge is 0.486 e. The maximum atomic E-state index is 12.6. The van der Waals surface area contributed by atoms with E-state index in [9.17, 15) is 4.79 Å². The molecule has 7 heteroatoms. The van der Waals surface area contributed by atoms with Gasteiger partial charge in [0.2, 0.25) is 5.91 Å². The van der Waals surface area contributed by atoms with E-state index in [0.29, 0.717) is 30.7 Å². The van der Waals surface area contributed by atoms with E-state index in [1.54, 1.807) is 6.08 Å². The highest BCUT2D eigenvalue weighted by molar-refractivity contribution is 8.00. The number of nitrogens with one attached hydrogen (secondary N) is 1. The van der Waals surface area contributed by atoms with Crippen molar-refractivity contribution in [1.29, 1.82) is 0 Å². The number of allylic oxidation sites excluding steroid dienone is 2. The average molecular weight is 441 g/mol. The lowest BCUT2D eigenvalue weighted by Gasteiger charge is -2.15. The Labute approximate surface area is 189 Å². The summed E-state index contributed by atoms with van der Waals surface area (Å²) in [6.07, 6.45) is 9.95. The van der Waals surface area contributed by atoms with Crippen molar-refractivity contribution in [2.24, 2.45) is 0 Å². The molecule has 0 fully saturated rings. The smallest absolute Gasteiger partial charge is 0.233 e. The summed E-state index contributed by atoms with van der Waals surface area (Å²) in [6.45, 7) is 9.31. The van der Waals surface area contributed by atoms with Gasteiger partial charge in [0, 0.05) is 13.1 Å². The summed E-state index contributed by atoms with van der Waals surface area (Å²) in [5.74, 6) is 1.52. The first-order chi connectivity index (χ1) is 15.1. The van der Waals surface area contributed by atoms with Gasteiger partial charge in [-0.25, -0.2) is 0 Å². The first kappa shape index (κ1) is 23.1. The minimum absolute atomic E-state index is 0.0205. The number of aromatic nitrogens is 3. The van der Waals surface area contributed by atoms with Gasteiger partial charge in [-0.1, -0.05) is 41.6 Å². The maximum absolute atomic E-state index is 12.6. The molecule has 1 aromatic carbocycles. The van der Waals surface area contributed by atoms with Crippen molar-refractivity contribution in [3.05, 3.63) is 60.0 Å². The van der Waals surface area contributed by atoms with Crippen LogP contribution in [0.5, 0.6) is 5.75 Å². The van der Waals surface area contributed by atoms with Gasteiger partial charge >= 0.3 is 0 Å². The van der Waals surface area contributed by atoms with Crippen LogP contribution < -0.4 is 10.1 Å². The predicted molar refractivity (Wildman–Crippen MR) is 125 cm³/mol. The Hall–Kier alpha value is -2.54. The second-order valence-corrected chi connectivity index (χ2v) is 9.12. The number of carbonyl (C=O) groups excluding carboxylic acids is 1. The first-order valence-corrected chi connectivity index (χ1v) is 11.8. The fourth-order valence-electron chi connectivity index (χ4n) is 3.51. The normalized spacial score (nSPS) is 14.6. The summed E-state index contributed by atoms with van der Waals surface area (Å²) in [5, 5.41) is 12.1. The lowest BCUT2D eigenvalue weighted by molar-refractivity contribution is -0.120. The molecule has 1 amide bonds. The SMILES string of the molecule is C=CCn1c(COc2cccc(C)c2)nnc1SC(C)C(=O)NCCC1=CCCCC1. The molecule has 0 aliphatic heterocycles. The molecule has 6 nitrogen and oxygen atoms in total. The number of thioether (sulfide) groups is 1. The van der Waals surface area contributed by atoms with E-state index in [4.69, 9.17) is 4.74 Å². The van der Waals surface area contributed by atoms with E-state index in [-0.39, 0.29) is 11.2 Å². The number of hydrogen-bond acceptors (Lipinski definition) is 5. The van der Waals surface area contributed by atoms with Gasteiger partial charge in [-0.2, -0.15) is 0 Å². The van der Waals surface area contributed by atoms with E-state index < -0.39 is 0 Å². The Morgan fingerprint density at radius 2 is 2.26 bits per heavy atom. The van der Waals surface area contributed by atoms with Crippen molar-refractivity contribution in [2.45, 2.75) is 69.5 Å². The second-order valence-electron chi connectivity index (χ2n) is 7.81. The molecular weight excluding hydrogens is 408 g/mol. The molecular formula is C24H32N4O2S. The topological polar surface area (TPSA) is 69.0 Å². The lowest BCUT2D eigenvalue weighted by Crippen LogP contribution is -2.32. The average Bonchev–Trinajstić information content (AvgIpc) is 3.14. The van der Waals surface area contributed by atoms with Crippen LogP contribution >= 0.6 is 11.8 Å². The molecule has 1 N–H and O–H groups in total. The molecule has 0 spiro atoms. The van der Waals surface area contributed by atoms with Crippen molar-refractivity contribution >= 4 is 17.7 Å². The van der Waals surface area contributed by atoms with Crippen molar-refractivity contribution in [3.8, 4) is 5.75 Å². The second kappa shape index (κ2) is 11.7. The van der Waals surface area contributed by atoms with Gasteiger partial charge in [-0.3, -0.25) is 9.36 Å². The number of nitrogens with zero attached hydrogens (tertiary/aromatic N) is 3. The van der Waals surface area contributed by atoms with Gasteiger partial charge in [0.05, 0.1) is 5.25 Å². The van der Waals surface area contributed by atoms with Crippen LogP contribution in [-0.2, 0) is 17.9 Å². The summed E-state index contributed by atoms with van der Waals surface area (Å²) < 4.78 is 7.83. The third-order valence-corrected chi connectivity index (χ3v) is 6.32. The van der Waals surface area contributed by atoms with Gasteiger partial charge in [-0.05, 0) is 63.6 Å². The number of aryl methyl sites for hydroxylation is 1. The monoisotopic (exact) mass is 440 g/mol. The first-order valence-electron chi connectivity index (χ1n) is 10.9. The van der Waals surface area contributed by atoms with Gasteiger partial charge in [0.15, 0.2) is 11.0 Å². The predicted octanol–water partition coefficient (Wildman–Crippen LogP) is 4.84. The van der Waals surface area contributed by atoms with Gasteiger partial charge in [0.25, 0.3) is 0 Å². The fourth-order valence-corrected chi connectivity index (χ4v) is 4.41. The van der Waals surface area contributed by atoms with E-state index in [0.717, 1.165) is 24.2 Å². The molecule has 1 aromatic heterocycles. The standard InChI is InChI=1S/C24H32N4O2S/c1-4-15-28-22(17-30-21-12-8-9-18(2)16-21)26-27-24(28)31-19(3)23(29)25-14-13-20-10-6-5-7-11-20/h4,8-10,12,16,19H,1,5-7,11,13-15,17H2,2-3H3,(H,25,29). The minimum atomic E-state index is -0.265. The van der Waals surface area contributed by atoms with E-state index in [1.807, 2.05) is 42.7 Å². The zero-order chi connectivity index (χ0) is 22.1. The number of amides is 1. The number of carbonyl (C=O) groups is 1. The molecule has 31 heavy (non-hydrogen) atoms. The third-order valence-electron chi connectivity index (χ3n) is 5.24. The van der Waals surface area contributed by atoms with Crippen LogP contribution in [0.4, 0.5) is 0 Å². The lowest BCUT2D eigenvalue weighted by atomic mass is 9.97. The molecule has 0 saturated heterocycles. The molecule has 1 heterocycles. The van der Waals surface area contributed by atoms with E-state index >= 15 is 0 Å². The Morgan fingerprint density at radius 1 is 1.39 bits per heavy atom. The number of ether oxygens (including phenoxy) is 1. The molecule has 1 aliphatic carbocycles. The summed E-state index contributed by atoms with van der Waals surface area (Å²) in [5.41, 5.74) is 2.61. The maximum Gasteiger partial charge on any atom is 0.233 e. The number of hydrogen-bond donors (Lipinski definition) is 1. The quantitative estimate of drug-likeness (QED) is 0.400. The van der Waals surface area contributed by atoms with Crippen molar-refractivity contribution in [2.75, 3.05) is 6.54 Å². The Bertz CT molecular complexity index is 922. The van der Waals surface area contributed by atoms with Crippen molar-refractivity contribution in [1.82, 2.24) is 20.1 Å². The molecule has 3 rings (SSSR count). The molecule has 1 atom stereocenters. The molecule has 0 bridgehead atoms. The Morgan fingerprint density at radius 3 is 3.00 bits per heavy atom. The summed E-state index contributed by atoms with van der Waals surface area (Å²) >= 11 is 1.41. The van der Waals surface area contributed by atoms with Gasteiger partial charge < -0.3 is 10.1 Å². The molecule has 2 aromatic rings. The van der Waals surface area contributed by atoms with Crippen molar-refractivity contribution < 1.29 is 9.53 Å². The van der Waals surface area contributed by atoms with Crippen LogP contribution in [0.1, 0.15) is 50.4 Å². The summed E-state index contributed by atoms with van der Waals surface area (Å²) in [7, 11) is 0. The van der Waals surface area contributed by atoms with Crippen LogP contribution in [0, 0.1) is 6.92 Å². The summed E-state index contributed by atoms with van der Waals surface area (Å²) in [4.78, 5) is 12.6. The van der Waals surface area contributed by atoms with Crippen LogP contribution in [0.15, 0.2) is 53.7 Å². The molecule has 0 saturated carbocycles. The van der Waals surface area contributed by atoms with Crippen LogP contribution in [0.3, 0.4) is 0 Å². The Kier molecular flexibility index (Phi) is 8.76. The van der Waals surface area contributed by atoms with Crippen LogP contribution in [0.2, 0.25) is 0 Å². The number of rotatable bonds is 11.